The average Bonchev–Trinajstić information content (AvgIpc) is 2.42. The Hall–Kier alpha value is -1.26. The fourth-order valence-electron chi connectivity index (χ4n) is 2.20. The van der Waals surface area contributed by atoms with Gasteiger partial charge in [-0.05, 0) is 36.2 Å². The summed E-state index contributed by atoms with van der Waals surface area (Å²) in [5.41, 5.74) is 1.58. The number of nitrogens with one attached hydrogen (secondary N) is 1. The molecule has 1 atom stereocenters. The Kier molecular flexibility index (Phi) is 5.26. The molecule has 0 aliphatic heterocycles. The lowest BCUT2D eigenvalue weighted by Crippen LogP contribution is -2.23. The van der Waals surface area contributed by atoms with E-state index in [1.165, 1.54) is 12.1 Å². The number of likely N-dealkylation sites (N-methyl/N-ethyl adjacent to an activating group) is 1. The zero-order valence-electron chi connectivity index (χ0n) is 11.2. The molecule has 0 bridgehead atoms. The lowest BCUT2D eigenvalue weighted by Gasteiger charge is -2.20. The van der Waals surface area contributed by atoms with Crippen molar-refractivity contribution in [3.8, 4) is 0 Å². The first-order valence-electron chi connectivity index (χ1n) is 6.53. The third kappa shape index (κ3) is 3.64. The lowest BCUT2D eigenvalue weighted by atomic mass is 9.98. The molecule has 2 aromatic carbocycles. The van der Waals surface area contributed by atoms with Crippen LogP contribution in [0.5, 0.6) is 0 Å². The van der Waals surface area contributed by atoms with Crippen LogP contribution < -0.4 is 5.32 Å². The maximum absolute atomic E-state index is 13.8. The van der Waals surface area contributed by atoms with Gasteiger partial charge < -0.3 is 5.32 Å². The highest BCUT2D eigenvalue weighted by atomic mass is 79.9. The van der Waals surface area contributed by atoms with Crippen LogP contribution in [0.3, 0.4) is 0 Å². The van der Waals surface area contributed by atoms with Crippen LogP contribution in [-0.2, 0) is 6.42 Å². The van der Waals surface area contributed by atoms with Gasteiger partial charge in [0.25, 0.3) is 0 Å². The molecule has 0 spiro atoms. The van der Waals surface area contributed by atoms with Crippen molar-refractivity contribution in [3.63, 3.8) is 0 Å². The highest BCUT2D eigenvalue weighted by Gasteiger charge is 2.16. The number of benzene rings is 2. The van der Waals surface area contributed by atoms with Gasteiger partial charge in [-0.1, -0.05) is 47.1 Å². The monoisotopic (exact) mass is 339 g/mol. The van der Waals surface area contributed by atoms with E-state index in [0.717, 1.165) is 22.6 Å². The van der Waals surface area contributed by atoms with Crippen molar-refractivity contribution < 1.29 is 8.78 Å². The van der Waals surface area contributed by atoms with Crippen LogP contribution >= 0.6 is 15.9 Å². The van der Waals surface area contributed by atoms with Crippen molar-refractivity contribution in [2.45, 2.75) is 19.4 Å². The maximum atomic E-state index is 13.8. The second kappa shape index (κ2) is 6.95. The van der Waals surface area contributed by atoms with Gasteiger partial charge in [0, 0.05) is 16.6 Å². The number of hydrogen-bond acceptors (Lipinski definition) is 1. The quantitative estimate of drug-likeness (QED) is 0.837. The molecule has 0 amide bonds. The minimum Gasteiger partial charge on any atom is -0.310 e. The highest BCUT2D eigenvalue weighted by Crippen LogP contribution is 2.26. The summed E-state index contributed by atoms with van der Waals surface area (Å²) < 4.78 is 27.7. The van der Waals surface area contributed by atoms with Crippen LogP contribution in [0.15, 0.2) is 46.9 Å². The summed E-state index contributed by atoms with van der Waals surface area (Å²) in [7, 11) is 0. The Morgan fingerprint density at radius 1 is 1.15 bits per heavy atom. The van der Waals surface area contributed by atoms with Crippen molar-refractivity contribution in [2.24, 2.45) is 0 Å². The predicted molar refractivity (Wildman–Crippen MR) is 80.6 cm³/mol. The molecular formula is C16H16BrF2N. The van der Waals surface area contributed by atoms with E-state index >= 15 is 0 Å². The SMILES string of the molecule is CCNC(Cc1ccc(F)cc1F)c1ccccc1Br. The normalized spacial score (nSPS) is 12.4. The summed E-state index contributed by atoms with van der Waals surface area (Å²) >= 11 is 3.52. The van der Waals surface area contributed by atoms with Crippen LogP contribution in [0.1, 0.15) is 24.1 Å². The fraction of sp³-hybridized carbons (Fsp3) is 0.250. The van der Waals surface area contributed by atoms with Crippen LogP contribution in [0.25, 0.3) is 0 Å². The van der Waals surface area contributed by atoms with Crippen molar-refractivity contribution in [1.82, 2.24) is 5.32 Å². The van der Waals surface area contributed by atoms with Crippen LogP contribution in [0, 0.1) is 11.6 Å². The standard InChI is InChI=1S/C16H16BrF2N/c1-2-20-16(13-5-3-4-6-14(13)17)9-11-7-8-12(18)10-15(11)19/h3-8,10,16,20H,2,9H2,1H3. The van der Waals surface area contributed by atoms with E-state index in [1.807, 2.05) is 31.2 Å². The molecule has 0 aromatic heterocycles. The molecule has 0 aliphatic carbocycles. The second-order valence-electron chi connectivity index (χ2n) is 4.57. The first-order valence-corrected chi connectivity index (χ1v) is 7.33. The molecule has 2 aromatic rings. The smallest absolute Gasteiger partial charge is 0.129 e. The van der Waals surface area contributed by atoms with Gasteiger partial charge in [-0.25, -0.2) is 8.78 Å². The van der Waals surface area contributed by atoms with Crippen molar-refractivity contribution in [1.29, 1.82) is 0 Å². The zero-order valence-corrected chi connectivity index (χ0v) is 12.8. The molecule has 0 aliphatic rings. The van der Waals surface area contributed by atoms with Crippen molar-refractivity contribution in [2.75, 3.05) is 6.54 Å². The number of rotatable bonds is 5. The van der Waals surface area contributed by atoms with Gasteiger partial charge in [-0.3, -0.25) is 0 Å². The Bertz CT molecular complexity index is 586. The maximum Gasteiger partial charge on any atom is 0.129 e. The highest BCUT2D eigenvalue weighted by molar-refractivity contribution is 9.10. The molecule has 1 nitrogen and oxygen atoms in total. The molecule has 0 fully saturated rings. The Balaban J connectivity index is 2.28. The van der Waals surface area contributed by atoms with Gasteiger partial charge in [0.15, 0.2) is 0 Å². The van der Waals surface area contributed by atoms with E-state index in [2.05, 4.69) is 21.2 Å². The molecule has 0 radical (unpaired) electrons. The first kappa shape index (κ1) is 15.1. The Morgan fingerprint density at radius 2 is 1.90 bits per heavy atom. The van der Waals surface area contributed by atoms with Crippen molar-refractivity contribution in [3.05, 3.63) is 69.7 Å². The van der Waals surface area contributed by atoms with E-state index in [1.54, 1.807) is 0 Å². The third-order valence-corrected chi connectivity index (χ3v) is 3.89. The molecule has 20 heavy (non-hydrogen) atoms. The minimum atomic E-state index is -0.549. The summed E-state index contributed by atoms with van der Waals surface area (Å²) in [6.45, 7) is 2.78. The van der Waals surface area contributed by atoms with Crippen LogP contribution in [0.2, 0.25) is 0 Å². The van der Waals surface area contributed by atoms with Gasteiger partial charge in [0.1, 0.15) is 11.6 Å². The summed E-state index contributed by atoms with van der Waals surface area (Å²) in [6, 6.07) is 11.6. The van der Waals surface area contributed by atoms with Gasteiger partial charge in [0.05, 0.1) is 0 Å². The van der Waals surface area contributed by atoms with Crippen LogP contribution in [0.4, 0.5) is 8.78 Å². The second-order valence-corrected chi connectivity index (χ2v) is 5.43. The summed E-state index contributed by atoms with van der Waals surface area (Å²) in [4.78, 5) is 0. The number of halogens is 3. The molecule has 0 saturated heterocycles. The Morgan fingerprint density at radius 3 is 2.55 bits per heavy atom. The van der Waals surface area contributed by atoms with Gasteiger partial charge >= 0.3 is 0 Å². The molecule has 2 rings (SSSR count). The zero-order chi connectivity index (χ0) is 14.5. The molecule has 0 saturated carbocycles. The molecule has 1 unspecified atom stereocenters. The topological polar surface area (TPSA) is 12.0 Å². The van der Waals surface area contributed by atoms with Gasteiger partial charge in [-0.15, -0.1) is 0 Å². The molecule has 106 valence electrons. The molecular weight excluding hydrogens is 324 g/mol. The summed E-state index contributed by atoms with van der Waals surface area (Å²) in [6.07, 6.45) is 0.475. The van der Waals surface area contributed by atoms with Gasteiger partial charge in [0.2, 0.25) is 0 Å². The third-order valence-electron chi connectivity index (χ3n) is 3.17. The Labute approximate surface area is 126 Å². The van der Waals surface area contributed by atoms with E-state index in [-0.39, 0.29) is 6.04 Å². The van der Waals surface area contributed by atoms with Gasteiger partial charge in [-0.2, -0.15) is 0 Å². The van der Waals surface area contributed by atoms with E-state index in [9.17, 15) is 8.78 Å². The van der Waals surface area contributed by atoms with Crippen LogP contribution in [-0.4, -0.2) is 6.54 Å². The number of hydrogen-bond donors (Lipinski definition) is 1. The molecule has 0 heterocycles. The predicted octanol–water partition coefficient (Wildman–Crippen LogP) is 4.62. The average molecular weight is 340 g/mol. The van der Waals surface area contributed by atoms with E-state index < -0.39 is 11.6 Å². The fourth-order valence-corrected chi connectivity index (χ4v) is 2.76. The van der Waals surface area contributed by atoms with E-state index in [0.29, 0.717) is 12.0 Å². The largest absolute Gasteiger partial charge is 0.310 e. The van der Waals surface area contributed by atoms with E-state index in [4.69, 9.17) is 0 Å². The van der Waals surface area contributed by atoms with Crippen molar-refractivity contribution >= 4 is 15.9 Å². The first-order chi connectivity index (χ1) is 9.61. The molecule has 4 heteroatoms. The summed E-state index contributed by atoms with van der Waals surface area (Å²) in [5, 5.41) is 3.34. The minimum absolute atomic E-state index is 0.0180. The molecule has 1 N–H and O–H groups in total. The summed E-state index contributed by atoms with van der Waals surface area (Å²) in [5.74, 6) is -1.05. The lowest BCUT2D eigenvalue weighted by molar-refractivity contribution is 0.520.